The molecule has 0 aliphatic heterocycles. The first kappa shape index (κ1) is 17.6. The van der Waals surface area contributed by atoms with Gasteiger partial charge in [0.05, 0.1) is 0 Å². The summed E-state index contributed by atoms with van der Waals surface area (Å²) in [7, 11) is 0. The Bertz CT molecular complexity index is 866. The van der Waals surface area contributed by atoms with E-state index in [2.05, 4.69) is 27.3 Å². The number of carbonyl (C=O) groups is 1. The van der Waals surface area contributed by atoms with Gasteiger partial charge in [-0.1, -0.05) is 11.6 Å². The number of hydrogen-bond acceptors (Lipinski definition) is 4. The molecule has 0 spiro atoms. The van der Waals surface area contributed by atoms with E-state index in [1.54, 1.807) is 17.2 Å². The van der Waals surface area contributed by atoms with Crippen LogP contribution in [-0.2, 0) is 11.3 Å². The molecule has 4 bridgehead atoms. The Balaban J connectivity index is 1.28. The molecule has 146 valence electrons. The van der Waals surface area contributed by atoms with E-state index in [1.807, 2.05) is 18.2 Å². The average Bonchev–Trinajstić information content (AvgIpc) is 3.20. The minimum atomic E-state index is -0.0124. The van der Waals surface area contributed by atoms with Crippen LogP contribution in [0.1, 0.15) is 51.0 Å². The lowest BCUT2D eigenvalue weighted by Gasteiger charge is -2.57. The van der Waals surface area contributed by atoms with Crippen molar-refractivity contribution in [3.05, 3.63) is 48.2 Å². The number of nitrogens with zero attached hydrogens (tertiary/aromatic N) is 4. The highest BCUT2D eigenvalue weighted by atomic mass is 16.1. The monoisotopic (exact) mass is 377 g/mol. The number of pyridine rings is 1. The number of nitrogens with one attached hydrogen (secondary N) is 1. The van der Waals surface area contributed by atoms with Crippen LogP contribution in [0, 0.1) is 23.2 Å². The summed E-state index contributed by atoms with van der Waals surface area (Å²) in [6.45, 7) is 2.60. The minimum absolute atomic E-state index is 0.0124. The van der Waals surface area contributed by atoms with Crippen molar-refractivity contribution in [3.8, 4) is 5.82 Å². The molecular formula is C22H27N5O. The lowest BCUT2D eigenvalue weighted by molar-refractivity contribution is -0.116. The lowest BCUT2D eigenvalue weighted by atomic mass is 9.48. The molecule has 28 heavy (non-hydrogen) atoms. The van der Waals surface area contributed by atoms with Gasteiger partial charge in [-0.25, -0.2) is 14.6 Å². The molecule has 4 aliphatic rings. The Kier molecular flexibility index (Phi) is 4.29. The number of allylic oxidation sites excluding steroid dienone is 1. The molecule has 0 radical (unpaired) electrons. The van der Waals surface area contributed by atoms with Gasteiger partial charge in [-0.3, -0.25) is 4.79 Å². The zero-order chi connectivity index (χ0) is 19.1. The van der Waals surface area contributed by atoms with Gasteiger partial charge in [0.25, 0.3) is 0 Å². The van der Waals surface area contributed by atoms with Crippen LogP contribution in [0.25, 0.3) is 5.82 Å². The third-order valence-electron chi connectivity index (χ3n) is 7.18. The van der Waals surface area contributed by atoms with Gasteiger partial charge in [0.1, 0.15) is 12.7 Å². The highest BCUT2D eigenvalue weighted by Gasteiger charge is 2.51. The normalized spacial score (nSPS) is 31.2. The third kappa shape index (κ3) is 3.15. The van der Waals surface area contributed by atoms with E-state index in [1.165, 1.54) is 50.4 Å². The predicted molar refractivity (Wildman–Crippen MR) is 105 cm³/mol. The summed E-state index contributed by atoms with van der Waals surface area (Å²) in [5.41, 5.74) is 2.49. The van der Waals surface area contributed by atoms with Crippen molar-refractivity contribution in [1.82, 2.24) is 25.1 Å². The van der Waals surface area contributed by atoms with Crippen LogP contribution in [-0.4, -0.2) is 25.7 Å². The zero-order valence-corrected chi connectivity index (χ0v) is 16.3. The van der Waals surface area contributed by atoms with Crippen LogP contribution >= 0.6 is 0 Å². The van der Waals surface area contributed by atoms with Gasteiger partial charge in [-0.2, -0.15) is 5.10 Å². The van der Waals surface area contributed by atoms with Crippen molar-refractivity contribution >= 4 is 5.91 Å². The highest BCUT2D eigenvalue weighted by molar-refractivity contribution is 5.88. The second kappa shape index (κ2) is 6.83. The SMILES string of the molecule is C/C(=C/C(=O)NCc1cccnc1-n1cncn1)C12CC3CC(CC(C3)C1)C2. The number of amides is 1. The molecule has 6 rings (SSSR count). The quantitative estimate of drug-likeness (QED) is 0.810. The minimum Gasteiger partial charge on any atom is -0.348 e. The molecule has 6 heteroatoms. The summed E-state index contributed by atoms with van der Waals surface area (Å²) >= 11 is 0. The second-order valence-corrected chi connectivity index (χ2v) is 9.07. The Morgan fingerprint density at radius 3 is 2.61 bits per heavy atom. The summed E-state index contributed by atoms with van der Waals surface area (Å²) in [5, 5.41) is 7.19. The largest absolute Gasteiger partial charge is 0.348 e. The summed E-state index contributed by atoms with van der Waals surface area (Å²) in [6.07, 6.45) is 14.8. The molecule has 2 heterocycles. The number of carbonyl (C=O) groups excluding carboxylic acids is 1. The number of aromatic nitrogens is 4. The van der Waals surface area contributed by atoms with Gasteiger partial charge in [0.2, 0.25) is 5.91 Å². The first-order valence-corrected chi connectivity index (χ1v) is 10.4. The van der Waals surface area contributed by atoms with E-state index in [0.29, 0.717) is 12.4 Å². The van der Waals surface area contributed by atoms with Crippen LogP contribution in [0.3, 0.4) is 0 Å². The predicted octanol–water partition coefficient (Wildman–Crippen LogP) is 3.44. The fourth-order valence-corrected chi connectivity index (χ4v) is 6.27. The van der Waals surface area contributed by atoms with Crippen molar-refractivity contribution in [2.24, 2.45) is 23.2 Å². The van der Waals surface area contributed by atoms with Gasteiger partial charge in [0.15, 0.2) is 5.82 Å². The molecule has 0 saturated heterocycles. The van der Waals surface area contributed by atoms with Gasteiger partial charge >= 0.3 is 0 Å². The summed E-state index contributed by atoms with van der Waals surface area (Å²) in [6, 6.07) is 3.83. The maximum atomic E-state index is 12.7. The zero-order valence-electron chi connectivity index (χ0n) is 16.3. The number of rotatable bonds is 5. The standard InChI is InChI=1S/C22H27N5O/c1-15(22-9-16-6-17(10-22)8-18(7-16)11-22)5-20(28)25-12-19-3-2-4-24-21(19)27-14-23-13-26-27/h2-5,13-14,16-18H,6-12H2,1H3,(H,25,28)/b15-5-. The van der Waals surface area contributed by atoms with Crippen molar-refractivity contribution in [3.63, 3.8) is 0 Å². The van der Waals surface area contributed by atoms with Gasteiger partial charge in [-0.15, -0.1) is 0 Å². The maximum absolute atomic E-state index is 12.7. The molecule has 2 aromatic rings. The Labute approximate surface area is 165 Å². The first-order chi connectivity index (χ1) is 13.6. The van der Waals surface area contributed by atoms with E-state index in [0.717, 1.165) is 23.3 Å². The van der Waals surface area contributed by atoms with Gasteiger partial charge < -0.3 is 5.32 Å². The number of hydrogen-bond donors (Lipinski definition) is 1. The molecule has 0 aromatic carbocycles. The molecule has 1 amide bonds. The van der Waals surface area contributed by atoms with E-state index in [9.17, 15) is 4.79 Å². The van der Waals surface area contributed by atoms with E-state index < -0.39 is 0 Å². The Morgan fingerprint density at radius 1 is 1.25 bits per heavy atom. The molecule has 6 nitrogen and oxygen atoms in total. The highest BCUT2D eigenvalue weighted by Crippen LogP contribution is 2.62. The van der Waals surface area contributed by atoms with Crippen LogP contribution in [0.2, 0.25) is 0 Å². The average molecular weight is 377 g/mol. The van der Waals surface area contributed by atoms with Crippen molar-refractivity contribution in [1.29, 1.82) is 0 Å². The molecule has 4 saturated carbocycles. The van der Waals surface area contributed by atoms with E-state index in [-0.39, 0.29) is 11.3 Å². The van der Waals surface area contributed by atoms with Crippen LogP contribution in [0.15, 0.2) is 42.6 Å². The van der Waals surface area contributed by atoms with Crippen LogP contribution in [0.4, 0.5) is 0 Å². The summed E-state index contributed by atoms with van der Waals surface area (Å²) in [5.74, 6) is 3.35. The Hall–Kier alpha value is -2.50. The smallest absolute Gasteiger partial charge is 0.244 e. The van der Waals surface area contributed by atoms with Crippen LogP contribution < -0.4 is 5.32 Å². The van der Waals surface area contributed by atoms with Crippen molar-refractivity contribution in [2.45, 2.75) is 52.0 Å². The molecule has 2 aromatic heterocycles. The molecule has 0 unspecified atom stereocenters. The molecule has 4 aliphatic carbocycles. The first-order valence-electron chi connectivity index (χ1n) is 10.4. The topological polar surface area (TPSA) is 72.7 Å². The van der Waals surface area contributed by atoms with E-state index >= 15 is 0 Å². The lowest BCUT2D eigenvalue weighted by Crippen LogP contribution is -2.46. The molecule has 1 N–H and O–H groups in total. The Morgan fingerprint density at radius 2 is 1.96 bits per heavy atom. The molecule has 0 atom stereocenters. The second-order valence-electron chi connectivity index (χ2n) is 9.07. The third-order valence-corrected chi connectivity index (χ3v) is 7.18. The summed E-state index contributed by atoms with van der Waals surface area (Å²) in [4.78, 5) is 21.0. The molecule has 4 fully saturated rings. The maximum Gasteiger partial charge on any atom is 0.244 e. The van der Waals surface area contributed by atoms with E-state index in [4.69, 9.17) is 0 Å². The summed E-state index contributed by atoms with van der Waals surface area (Å²) < 4.78 is 1.62. The van der Waals surface area contributed by atoms with Gasteiger partial charge in [0, 0.05) is 24.4 Å². The fraction of sp³-hybridized carbons (Fsp3) is 0.545. The molecular weight excluding hydrogens is 350 g/mol. The van der Waals surface area contributed by atoms with Crippen molar-refractivity contribution in [2.75, 3.05) is 0 Å². The van der Waals surface area contributed by atoms with Crippen LogP contribution in [0.5, 0.6) is 0 Å². The fourth-order valence-electron chi connectivity index (χ4n) is 6.27. The van der Waals surface area contributed by atoms with Crippen molar-refractivity contribution < 1.29 is 4.79 Å². The van der Waals surface area contributed by atoms with Gasteiger partial charge in [-0.05, 0) is 74.7 Å².